The Bertz CT molecular complexity index is 441. The van der Waals surface area contributed by atoms with Gasteiger partial charge in [-0.3, -0.25) is 4.79 Å². The van der Waals surface area contributed by atoms with E-state index in [0.717, 1.165) is 12.8 Å². The minimum Gasteiger partial charge on any atom is -0.481 e. The molecule has 1 aromatic rings. The fraction of sp³-hybridized carbons (Fsp3) is 0.529. The highest BCUT2D eigenvalue weighted by atomic mass is 16.6. The van der Waals surface area contributed by atoms with Gasteiger partial charge < -0.3 is 14.7 Å². The highest BCUT2D eigenvalue weighted by molar-refractivity contribution is 5.72. The second kappa shape index (κ2) is 8.41. The number of carbonyl (C=O) groups is 2. The molecule has 22 heavy (non-hydrogen) atoms. The average molecular weight is 307 g/mol. The fourth-order valence-corrected chi connectivity index (χ4v) is 2.20. The minimum absolute atomic E-state index is 0.000751. The SMILES string of the molecule is CC(C)(C)OC(=O)N1CCCC1CC(=O)O.c1ccccc1. The van der Waals surface area contributed by atoms with Crippen LogP contribution < -0.4 is 0 Å². The number of amides is 1. The summed E-state index contributed by atoms with van der Waals surface area (Å²) >= 11 is 0. The van der Waals surface area contributed by atoms with Gasteiger partial charge in [-0.05, 0) is 33.6 Å². The van der Waals surface area contributed by atoms with Gasteiger partial charge >= 0.3 is 12.1 Å². The molecule has 122 valence electrons. The molecule has 0 radical (unpaired) electrons. The molecule has 0 aromatic heterocycles. The van der Waals surface area contributed by atoms with Crippen molar-refractivity contribution >= 4 is 12.1 Å². The van der Waals surface area contributed by atoms with E-state index in [1.54, 1.807) is 20.8 Å². The number of benzene rings is 1. The van der Waals surface area contributed by atoms with E-state index in [9.17, 15) is 9.59 Å². The first-order chi connectivity index (χ1) is 10.3. The minimum atomic E-state index is -0.875. The Balaban J connectivity index is 0.000000335. The zero-order chi connectivity index (χ0) is 16.6. The second-order valence-electron chi connectivity index (χ2n) is 6.22. The lowest BCUT2D eigenvalue weighted by Gasteiger charge is -2.27. The van der Waals surface area contributed by atoms with Gasteiger partial charge in [-0.1, -0.05) is 36.4 Å². The first-order valence-electron chi connectivity index (χ1n) is 7.51. The van der Waals surface area contributed by atoms with Crippen LogP contribution in [-0.2, 0) is 9.53 Å². The van der Waals surface area contributed by atoms with Crippen molar-refractivity contribution in [3.63, 3.8) is 0 Å². The predicted octanol–water partition coefficient (Wildman–Crippen LogP) is 3.55. The van der Waals surface area contributed by atoms with Crippen molar-refractivity contribution < 1.29 is 19.4 Å². The highest BCUT2D eigenvalue weighted by Crippen LogP contribution is 2.22. The van der Waals surface area contributed by atoms with Crippen LogP contribution >= 0.6 is 0 Å². The molecule has 1 N–H and O–H groups in total. The third-order valence-electron chi connectivity index (χ3n) is 3.08. The van der Waals surface area contributed by atoms with Crippen LogP contribution in [0.5, 0.6) is 0 Å². The summed E-state index contributed by atoms with van der Waals surface area (Å²) in [6.45, 7) is 5.99. The van der Waals surface area contributed by atoms with E-state index in [-0.39, 0.29) is 12.5 Å². The molecule has 5 heteroatoms. The van der Waals surface area contributed by atoms with Gasteiger partial charge in [0.15, 0.2) is 0 Å². The summed E-state index contributed by atoms with van der Waals surface area (Å²) in [5.41, 5.74) is -0.534. The second-order valence-corrected chi connectivity index (χ2v) is 6.22. The maximum absolute atomic E-state index is 11.8. The summed E-state index contributed by atoms with van der Waals surface area (Å²) in [6, 6.07) is 11.8. The van der Waals surface area contributed by atoms with E-state index in [1.165, 1.54) is 4.90 Å². The summed E-state index contributed by atoms with van der Waals surface area (Å²) in [4.78, 5) is 23.9. The van der Waals surface area contributed by atoms with Gasteiger partial charge in [-0.25, -0.2) is 4.79 Å². The van der Waals surface area contributed by atoms with E-state index in [1.807, 2.05) is 36.4 Å². The van der Waals surface area contributed by atoms with E-state index in [4.69, 9.17) is 9.84 Å². The Labute approximate surface area is 131 Å². The topological polar surface area (TPSA) is 66.8 Å². The summed E-state index contributed by atoms with van der Waals surface area (Å²) in [5.74, 6) is -0.875. The van der Waals surface area contributed by atoms with Crippen molar-refractivity contribution in [2.75, 3.05) is 6.54 Å². The molecule has 5 nitrogen and oxygen atoms in total. The lowest BCUT2D eigenvalue weighted by Crippen LogP contribution is -2.40. The van der Waals surface area contributed by atoms with Crippen LogP contribution in [0.2, 0.25) is 0 Å². The van der Waals surface area contributed by atoms with Crippen molar-refractivity contribution in [3.05, 3.63) is 36.4 Å². The maximum Gasteiger partial charge on any atom is 0.410 e. The third kappa shape index (κ3) is 7.11. The van der Waals surface area contributed by atoms with Crippen LogP contribution in [0.4, 0.5) is 4.79 Å². The van der Waals surface area contributed by atoms with Gasteiger partial charge in [0, 0.05) is 12.6 Å². The Morgan fingerprint density at radius 1 is 1.14 bits per heavy atom. The van der Waals surface area contributed by atoms with Gasteiger partial charge in [-0.2, -0.15) is 0 Å². The number of rotatable bonds is 2. The Hall–Kier alpha value is -2.04. The molecule has 0 spiro atoms. The zero-order valence-corrected chi connectivity index (χ0v) is 13.5. The third-order valence-corrected chi connectivity index (χ3v) is 3.08. The van der Waals surface area contributed by atoms with Crippen LogP contribution in [0.25, 0.3) is 0 Å². The quantitative estimate of drug-likeness (QED) is 0.907. The van der Waals surface area contributed by atoms with E-state index in [2.05, 4.69) is 0 Å². The number of carboxylic acid groups (broad SMARTS) is 1. The molecule has 1 fully saturated rings. The van der Waals surface area contributed by atoms with Crippen LogP contribution in [0, 0.1) is 0 Å². The van der Waals surface area contributed by atoms with Gasteiger partial charge in [0.05, 0.1) is 6.42 Å². The number of hydrogen-bond donors (Lipinski definition) is 1. The number of nitrogens with zero attached hydrogens (tertiary/aromatic N) is 1. The number of aliphatic carboxylic acids is 1. The lowest BCUT2D eigenvalue weighted by atomic mass is 10.1. The normalized spacial score (nSPS) is 17.4. The molecule has 0 bridgehead atoms. The molecular formula is C17H25NO4. The van der Waals surface area contributed by atoms with E-state index < -0.39 is 17.7 Å². The van der Waals surface area contributed by atoms with Crippen LogP contribution in [0.3, 0.4) is 0 Å². The smallest absolute Gasteiger partial charge is 0.410 e. The van der Waals surface area contributed by atoms with Crippen LogP contribution in [0.15, 0.2) is 36.4 Å². The first kappa shape index (κ1) is 18.0. The number of carboxylic acids is 1. The molecule has 1 aliphatic heterocycles. The molecule has 1 heterocycles. The molecule has 1 unspecified atom stereocenters. The van der Waals surface area contributed by atoms with Crippen molar-refractivity contribution in [1.82, 2.24) is 4.90 Å². The summed E-state index contributed by atoms with van der Waals surface area (Å²) in [7, 11) is 0. The number of ether oxygens (including phenoxy) is 1. The number of hydrogen-bond acceptors (Lipinski definition) is 3. The largest absolute Gasteiger partial charge is 0.481 e. The van der Waals surface area contributed by atoms with Gasteiger partial charge in [0.1, 0.15) is 5.60 Å². The summed E-state index contributed by atoms with van der Waals surface area (Å²) in [6.07, 6.45) is 1.18. The number of likely N-dealkylation sites (tertiary alicyclic amines) is 1. The highest BCUT2D eigenvalue weighted by Gasteiger charge is 2.33. The molecule has 1 aliphatic rings. The van der Waals surface area contributed by atoms with E-state index >= 15 is 0 Å². The van der Waals surface area contributed by atoms with Crippen LogP contribution in [-0.4, -0.2) is 40.3 Å². The Morgan fingerprint density at radius 3 is 2.05 bits per heavy atom. The standard InChI is InChI=1S/C11H19NO4.C6H6/c1-11(2,3)16-10(15)12-6-4-5-8(12)7-9(13)14;1-2-4-6-5-3-1/h8H,4-7H2,1-3H3,(H,13,14);1-6H. The van der Waals surface area contributed by atoms with Crippen molar-refractivity contribution in [3.8, 4) is 0 Å². The zero-order valence-electron chi connectivity index (χ0n) is 13.5. The molecule has 0 aliphatic carbocycles. The number of carbonyl (C=O) groups excluding carboxylic acids is 1. The van der Waals surface area contributed by atoms with Gasteiger partial charge in [0.2, 0.25) is 0 Å². The molecule has 1 amide bonds. The van der Waals surface area contributed by atoms with E-state index in [0.29, 0.717) is 6.54 Å². The van der Waals surface area contributed by atoms with Gasteiger partial charge in [-0.15, -0.1) is 0 Å². The van der Waals surface area contributed by atoms with Gasteiger partial charge in [0.25, 0.3) is 0 Å². The molecule has 1 atom stereocenters. The first-order valence-corrected chi connectivity index (χ1v) is 7.51. The molecule has 1 saturated heterocycles. The van der Waals surface area contributed by atoms with Crippen molar-refractivity contribution in [2.24, 2.45) is 0 Å². The lowest BCUT2D eigenvalue weighted by molar-refractivity contribution is -0.138. The van der Waals surface area contributed by atoms with Crippen LogP contribution in [0.1, 0.15) is 40.0 Å². The average Bonchev–Trinajstić information content (AvgIpc) is 2.87. The molecule has 2 rings (SSSR count). The summed E-state index contributed by atoms with van der Waals surface area (Å²) < 4.78 is 5.23. The van der Waals surface area contributed by atoms with Crippen molar-refractivity contribution in [1.29, 1.82) is 0 Å². The molecular weight excluding hydrogens is 282 g/mol. The van der Waals surface area contributed by atoms with Crippen molar-refractivity contribution in [2.45, 2.75) is 51.7 Å². The fourth-order valence-electron chi connectivity index (χ4n) is 2.20. The Morgan fingerprint density at radius 2 is 1.64 bits per heavy atom. The predicted molar refractivity (Wildman–Crippen MR) is 84.7 cm³/mol. The summed E-state index contributed by atoms with van der Waals surface area (Å²) in [5, 5.41) is 8.73. The maximum atomic E-state index is 11.8. The molecule has 0 saturated carbocycles. The molecule has 1 aromatic carbocycles. The monoisotopic (exact) mass is 307 g/mol. The Kier molecular flexibility index (Phi) is 6.89.